The Hall–Kier alpha value is -1.30. The van der Waals surface area contributed by atoms with Gasteiger partial charge in [0.05, 0.1) is 0 Å². The number of hydrogen-bond acceptors (Lipinski definition) is 3. The number of carbonyl (C=O) groups excluding carboxylic acids is 2. The Morgan fingerprint density at radius 3 is 2.47 bits per heavy atom. The van der Waals surface area contributed by atoms with Crippen LogP contribution in [0.25, 0.3) is 0 Å². The first-order valence-corrected chi connectivity index (χ1v) is 6.10. The molecule has 0 aromatic carbocycles. The van der Waals surface area contributed by atoms with Crippen LogP contribution in [0.1, 0.15) is 32.6 Å². The Bertz CT molecular complexity index is 234. The predicted octanol–water partition coefficient (Wildman–Crippen LogP) is -0.0608. The summed E-state index contributed by atoms with van der Waals surface area (Å²) in [5.74, 6) is -0.159. The van der Waals surface area contributed by atoms with Crippen LogP contribution >= 0.6 is 0 Å². The molecule has 100 valence electrons. The molecule has 5 N–H and O–H groups in total. The maximum atomic E-state index is 11.7. The molecule has 0 aromatic rings. The maximum absolute atomic E-state index is 11.7. The van der Waals surface area contributed by atoms with E-state index in [-0.39, 0.29) is 5.91 Å². The minimum Gasteiger partial charge on any atom is -0.354 e. The lowest BCUT2D eigenvalue weighted by atomic mass is 10.1. The van der Waals surface area contributed by atoms with Crippen molar-refractivity contribution in [3.05, 3.63) is 0 Å². The third kappa shape index (κ3) is 8.50. The second kappa shape index (κ2) is 9.89. The molecular formula is C11H24N4O2. The van der Waals surface area contributed by atoms with Crippen molar-refractivity contribution in [2.75, 3.05) is 20.1 Å². The van der Waals surface area contributed by atoms with Gasteiger partial charge in [0, 0.05) is 6.54 Å². The summed E-state index contributed by atoms with van der Waals surface area (Å²) in [5, 5.41) is 8.25. The maximum Gasteiger partial charge on any atom is 0.312 e. The zero-order valence-electron chi connectivity index (χ0n) is 10.7. The number of rotatable bonds is 9. The summed E-state index contributed by atoms with van der Waals surface area (Å²) < 4.78 is 0. The molecule has 0 aliphatic rings. The second-order valence-corrected chi connectivity index (χ2v) is 3.95. The average molecular weight is 244 g/mol. The normalized spacial score (nSPS) is 11.9. The first-order chi connectivity index (χ1) is 8.11. The molecule has 17 heavy (non-hydrogen) atoms. The van der Waals surface area contributed by atoms with Crippen LogP contribution in [0, 0.1) is 0 Å². The molecule has 0 saturated heterocycles. The lowest BCUT2D eigenvalue weighted by Gasteiger charge is -2.16. The molecule has 0 heterocycles. The van der Waals surface area contributed by atoms with Crippen molar-refractivity contribution < 1.29 is 9.59 Å². The monoisotopic (exact) mass is 244 g/mol. The van der Waals surface area contributed by atoms with Gasteiger partial charge in [-0.3, -0.25) is 4.79 Å². The van der Waals surface area contributed by atoms with Gasteiger partial charge >= 0.3 is 6.03 Å². The van der Waals surface area contributed by atoms with Gasteiger partial charge in [-0.2, -0.15) is 0 Å². The minimum atomic E-state index is -0.656. The van der Waals surface area contributed by atoms with E-state index in [1.165, 1.54) is 0 Å². The van der Waals surface area contributed by atoms with E-state index in [1.807, 2.05) is 14.0 Å². The Kier molecular flexibility index (Phi) is 9.14. The standard InChI is InChI=1S/C11H24N4O2/c1-3-4-6-9(15-11(12)17)10(16)14-8-5-7-13-2/h9,13H,3-8H2,1-2H3,(H,14,16)(H3,12,15,17). The van der Waals surface area contributed by atoms with Gasteiger partial charge in [0.2, 0.25) is 5.91 Å². The van der Waals surface area contributed by atoms with Crippen LogP contribution in [0.3, 0.4) is 0 Å². The highest BCUT2D eigenvalue weighted by molar-refractivity contribution is 5.86. The summed E-state index contributed by atoms with van der Waals surface area (Å²) >= 11 is 0. The third-order valence-corrected chi connectivity index (χ3v) is 2.38. The number of unbranched alkanes of at least 4 members (excludes halogenated alkanes) is 1. The second-order valence-electron chi connectivity index (χ2n) is 3.95. The lowest BCUT2D eigenvalue weighted by molar-refractivity contribution is -0.123. The highest BCUT2D eigenvalue weighted by Crippen LogP contribution is 2.00. The van der Waals surface area contributed by atoms with Crippen molar-refractivity contribution >= 4 is 11.9 Å². The van der Waals surface area contributed by atoms with E-state index in [1.54, 1.807) is 0 Å². The molecular weight excluding hydrogens is 220 g/mol. The molecule has 0 aliphatic carbocycles. The molecule has 1 atom stereocenters. The smallest absolute Gasteiger partial charge is 0.312 e. The Morgan fingerprint density at radius 1 is 1.24 bits per heavy atom. The number of carbonyl (C=O) groups is 2. The average Bonchev–Trinajstić information content (AvgIpc) is 2.29. The van der Waals surface area contributed by atoms with Gasteiger partial charge in [-0.1, -0.05) is 19.8 Å². The topological polar surface area (TPSA) is 96.2 Å². The molecule has 0 bridgehead atoms. The number of hydrogen-bond donors (Lipinski definition) is 4. The fourth-order valence-electron chi connectivity index (χ4n) is 1.45. The fraction of sp³-hybridized carbons (Fsp3) is 0.818. The molecule has 3 amide bonds. The molecule has 0 radical (unpaired) electrons. The Labute approximate surface area is 103 Å². The van der Waals surface area contributed by atoms with E-state index in [0.717, 1.165) is 25.8 Å². The molecule has 6 nitrogen and oxygen atoms in total. The molecule has 0 spiro atoms. The molecule has 0 saturated carbocycles. The van der Waals surface area contributed by atoms with E-state index >= 15 is 0 Å². The van der Waals surface area contributed by atoms with Gasteiger partial charge in [0.25, 0.3) is 0 Å². The summed E-state index contributed by atoms with van der Waals surface area (Å²) in [6.07, 6.45) is 3.34. The van der Waals surface area contributed by atoms with Crippen LogP contribution in [0.2, 0.25) is 0 Å². The fourth-order valence-corrected chi connectivity index (χ4v) is 1.45. The summed E-state index contributed by atoms with van der Waals surface area (Å²) in [4.78, 5) is 22.5. The van der Waals surface area contributed by atoms with Crippen LogP contribution in [-0.2, 0) is 4.79 Å². The highest BCUT2D eigenvalue weighted by atomic mass is 16.2. The number of nitrogens with two attached hydrogens (primary N) is 1. The summed E-state index contributed by atoms with van der Waals surface area (Å²) in [6, 6.07) is -1.17. The number of primary amides is 1. The minimum absolute atomic E-state index is 0.159. The van der Waals surface area contributed by atoms with Crippen molar-refractivity contribution in [1.82, 2.24) is 16.0 Å². The first kappa shape index (κ1) is 15.7. The highest BCUT2D eigenvalue weighted by Gasteiger charge is 2.18. The molecule has 1 unspecified atom stereocenters. The van der Waals surface area contributed by atoms with Crippen LogP contribution < -0.4 is 21.7 Å². The van der Waals surface area contributed by atoms with E-state index in [2.05, 4.69) is 16.0 Å². The summed E-state index contributed by atoms with van der Waals surface area (Å²) in [5.41, 5.74) is 5.04. The largest absolute Gasteiger partial charge is 0.354 e. The van der Waals surface area contributed by atoms with Crippen LogP contribution in [0.4, 0.5) is 4.79 Å². The Balaban J connectivity index is 3.98. The first-order valence-electron chi connectivity index (χ1n) is 6.10. The van der Waals surface area contributed by atoms with Crippen molar-refractivity contribution in [3.8, 4) is 0 Å². The zero-order chi connectivity index (χ0) is 13.1. The molecule has 6 heteroatoms. The number of urea groups is 1. The third-order valence-electron chi connectivity index (χ3n) is 2.38. The van der Waals surface area contributed by atoms with Crippen molar-refractivity contribution in [3.63, 3.8) is 0 Å². The van der Waals surface area contributed by atoms with Gasteiger partial charge in [0.1, 0.15) is 6.04 Å². The van der Waals surface area contributed by atoms with E-state index in [4.69, 9.17) is 5.73 Å². The van der Waals surface area contributed by atoms with E-state index in [0.29, 0.717) is 13.0 Å². The van der Waals surface area contributed by atoms with Gasteiger partial charge in [-0.05, 0) is 26.4 Å². The van der Waals surface area contributed by atoms with Gasteiger partial charge < -0.3 is 21.7 Å². The Morgan fingerprint density at radius 2 is 1.94 bits per heavy atom. The predicted molar refractivity (Wildman–Crippen MR) is 67.6 cm³/mol. The van der Waals surface area contributed by atoms with Crippen molar-refractivity contribution in [2.24, 2.45) is 5.73 Å². The van der Waals surface area contributed by atoms with E-state index < -0.39 is 12.1 Å². The van der Waals surface area contributed by atoms with Gasteiger partial charge in [-0.25, -0.2) is 4.79 Å². The van der Waals surface area contributed by atoms with Crippen LogP contribution in [0.15, 0.2) is 0 Å². The number of nitrogens with one attached hydrogen (secondary N) is 3. The van der Waals surface area contributed by atoms with E-state index in [9.17, 15) is 9.59 Å². The van der Waals surface area contributed by atoms with Gasteiger partial charge in [-0.15, -0.1) is 0 Å². The SMILES string of the molecule is CCCCC(NC(N)=O)C(=O)NCCCNC. The summed E-state index contributed by atoms with van der Waals surface area (Å²) in [6.45, 7) is 3.48. The zero-order valence-corrected chi connectivity index (χ0v) is 10.7. The van der Waals surface area contributed by atoms with Crippen molar-refractivity contribution in [2.45, 2.75) is 38.6 Å². The molecule has 0 aliphatic heterocycles. The number of amides is 3. The lowest BCUT2D eigenvalue weighted by Crippen LogP contribution is -2.48. The van der Waals surface area contributed by atoms with Crippen LogP contribution in [-0.4, -0.2) is 38.1 Å². The quantitative estimate of drug-likeness (QED) is 0.428. The molecule has 0 rings (SSSR count). The van der Waals surface area contributed by atoms with Gasteiger partial charge in [0.15, 0.2) is 0 Å². The van der Waals surface area contributed by atoms with Crippen molar-refractivity contribution in [1.29, 1.82) is 0 Å². The van der Waals surface area contributed by atoms with Crippen LogP contribution in [0.5, 0.6) is 0 Å². The molecule has 0 fully saturated rings. The summed E-state index contributed by atoms with van der Waals surface area (Å²) in [7, 11) is 1.86. The molecule has 0 aromatic heterocycles.